The van der Waals surface area contributed by atoms with E-state index in [9.17, 15) is 9.59 Å². The first-order chi connectivity index (χ1) is 11.0. The van der Waals surface area contributed by atoms with Crippen LogP contribution in [0.4, 0.5) is 0 Å². The second kappa shape index (κ2) is 6.01. The van der Waals surface area contributed by atoms with E-state index in [1.54, 1.807) is 13.0 Å². The molecule has 0 spiro atoms. The van der Waals surface area contributed by atoms with Gasteiger partial charge in [-0.15, -0.1) is 11.3 Å². The summed E-state index contributed by atoms with van der Waals surface area (Å²) in [6, 6.07) is 11.2. The number of rotatable bonds is 4. The molecule has 118 valence electrons. The monoisotopic (exact) mass is 327 g/mol. The zero-order chi connectivity index (χ0) is 16.6. The van der Waals surface area contributed by atoms with Gasteiger partial charge in [-0.25, -0.2) is 4.79 Å². The van der Waals surface area contributed by atoms with Gasteiger partial charge in [0, 0.05) is 27.0 Å². The molecule has 0 aliphatic carbocycles. The Morgan fingerprint density at radius 1 is 1.13 bits per heavy atom. The minimum absolute atomic E-state index is 0.193. The molecule has 0 radical (unpaired) electrons. The van der Waals surface area contributed by atoms with Gasteiger partial charge in [-0.3, -0.25) is 4.79 Å². The van der Waals surface area contributed by atoms with E-state index in [-0.39, 0.29) is 5.78 Å². The van der Waals surface area contributed by atoms with Crippen molar-refractivity contribution < 1.29 is 14.3 Å². The van der Waals surface area contributed by atoms with E-state index < -0.39 is 12.1 Å². The number of esters is 1. The van der Waals surface area contributed by atoms with Crippen molar-refractivity contribution in [2.45, 2.75) is 26.9 Å². The number of aryl methyl sites for hydroxylation is 2. The van der Waals surface area contributed by atoms with Crippen LogP contribution in [0.3, 0.4) is 0 Å². The van der Waals surface area contributed by atoms with E-state index in [4.69, 9.17) is 4.74 Å². The molecule has 3 rings (SSSR count). The maximum Gasteiger partial charge on any atom is 0.349 e. The maximum atomic E-state index is 12.7. The highest BCUT2D eigenvalue weighted by Crippen LogP contribution is 2.24. The molecular weight excluding hydrogens is 310 g/mol. The Morgan fingerprint density at radius 3 is 2.57 bits per heavy atom. The lowest BCUT2D eigenvalue weighted by molar-refractivity contribution is 0.0324. The summed E-state index contributed by atoms with van der Waals surface area (Å²) in [7, 11) is 0. The lowest BCUT2D eigenvalue weighted by Crippen LogP contribution is -2.24. The van der Waals surface area contributed by atoms with Gasteiger partial charge in [0.1, 0.15) is 4.88 Å². The third-order valence-electron chi connectivity index (χ3n) is 3.73. The Hall–Kier alpha value is -2.40. The largest absolute Gasteiger partial charge is 0.450 e. The molecule has 0 aliphatic heterocycles. The van der Waals surface area contributed by atoms with Gasteiger partial charge >= 0.3 is 5.97 Å². The van der Waals surface area contributed by atoms with Crippen LogP contribution in [0.5, 0.6) is 0 Å². The zero-order valence-electron chi connectivity index (χ0n) is 13.2. The predicted octanol–water partition coefficient (Wildman–Crippen LogP) is 4.27. The van der Waals surface area contributed by atoms with E-state index in [2.05, 4.69) is 4.98 Å². The fourth-order valence-electron chi connectivity index (χ4n) is 2.61. The summed E-state index contributed by atoms with van der Waals surface area (Å²) in [5.74, 6) is -0.650. The minimum Gasteiger partial charge on any atom is -0.450 e. The Kier molecular flexibility index (Phi) is 4.05. The number of thiophene rings is 1. The third-order valence-corrected chi connectivity index (χ3v) is 4.72. The summed E-state index contributed by atoms with van der Waals surface area (Å²) in [5, 5.41) is 0.852. The van der Waals surface area contributed by atoms with Crippen LogP contribution in [-0.2, 0) is 4.74 Å². The summed E-state index contributed by atoms with van der Waals surface area (Å²) in [5.41, 5.74) is 2.27. The Morgan fingerprint density at radius 2 is 1.87 bits per heavy atom. The second-order valence-electron chi connectivity index (χ2n) is 5.49. The lowest BCUT2D eigenvalue weighted by Gasteiger charge is -2.12. The van der Waals surface area contributed by atoms with Crippen LogP contribution in [0.1, 0.15) is 37.5 Å². The molecule has 2 heterocycles. The van der Waals surface area contributed by atoms with Gasteiger partial charge < -0.3 is 9.72 Å². The van der Waals surface area contributed by atoms with E-state index >= 15 is 0 Å². The summed E-state index contributed by atoms with van der Waals surface area (Å²) < 4.78 is 5.35. The van der Waals surface area contributed by atoms with Crippen molar-refractivity contribution >= 4 is 34.0 Å². The van der Waals surface area contributed by atoms with E-state index in [1.807, 2.05) is 44.2 Å². The molecule has 1 atom stereocenters. The van der Waals surface area contributed by atoms with Crippen molar-refractivity contribution in [1.29, 1.82) is 0 Å². The molecule has 1 aromatic carbocycles. The van der Waals surface area contributed by atoms with Crippen molar-refractivity contribution in [2.75, 3.05) is 0 Å². The molecule has 4 nitrogen and oxygen atoms in total. The topological polar surface area (TPSA) is 59.2 Å². The SMILES string of the molecule is Cc1ccc(C(=O)O[C@H](C)C(=O)c2c(C)[nH]c3ccccc23)s1. The van der Waals surface area contributed by atoms with Gasteiger partial charge in [0.2, 0.25) is 5.78 Å². The third kappa shape index (κ3) is 2.92. The molecule has 0 unspecified atom stereocenters. The summed E-state index contributed by atoms with van der Waals surface area (Å²) in [6.45, 7) is 5.39. The first-order valence-corrected chi connectivity index (χ1v) is 8.18. The highest BCUT2D eigenvalue weighted by atomic mass is 32.1. The second-order valence-corrected chi connectivity index (χ2v) is 6.78. The van der Waals surface area contributed by atoms with Crippen molar-refractivity contribution in [1.82, 2.24) is 4.98 Å². The van der Waals surface area contributed by atoms with Crippen molar-refractivity contribution in [2.24, 2.45) is 0 Å². The van der Waals surface area contributed by atoms with Crippen LogP contribution in [0.15, 0.2) is 36.4 Å². The Bertz CT molecular complexity index is 891. The molecule has 0 bridgehead atoms. The smallest absolute Gasteiger partial charge is 0.349 e. The molecule has 0 saturated heterocycles. The molecule has 0 saturated carbocycles. The number of para-hydroxylation sites is 1. The summed E-state index contributed by atoms with van der Waals surface area (Å²) in [6.07, 6.45) is -0.831. The van der Waals surface area contributed by atoms with Crippen LogP contribution in [0, 0.1) is 13.8 Å². The van der Waals surface area contributed by atoms with Crippen LogP contribution >= 0.6 is 11.3 Å². The minimum atomic E-state index is -0.831. The number of carbonyl (C=O) groups excluding carboxylic acids is 2. The molecule has 0 aliphatic rings. The standard InChI is InChI=1S/C18H17NO3S/c1-10-8-9-15(23-10)18(21)22-12(3)17(20)16-11(2)19-14-7-5-4-6-13(14)16/h4-9,12,19H,1-3H3/t12-/m1/s1. The molecule has 2 aromatic heterocycles. The normalized spacial score (nSPS) is 12.3. The molecular formula is C18H17NO3S. The fraction of sp³-hybridized carbons (Fsp3) is 0.222. The number of aromatic nitrogens is 1. The van der Waals surface area contributed by atoms with Gasteiger partial charge in [-0.05, 0) is 39.0 Å². The van der Waals surface area contributed by atoms with Gasteiger partial charge in [0.05, 0.1) is 0 Å². The van der Waals surface area contributed by atoms with E-state index in [0.29, 0.717) is 10.4 Å². The first-order valence-electron chi connectivity index (χ1n) is 7.36. The van der Waals surface area contributed by atoms with Gasteiger partial charge in [0.15, 0.2) is 6.10 Å². The van der Waals surface area contributed by atoms with E-state index in [0.717, 1.165) is 21.5 Å². The van der Waals surface area contributed by atoms with Gasteiger partial charge in [-0.2, -0.15) is 0 Å². The number of hydrogen-bond acceptors (Lipinski definition) is 4. The number of nitrogens with one attached hydrogen (secondary N) is 1. The lowest BCUT2D eigenvalue weighted by atomic mass is 10.0. The van der Waals surface area contributed by atoms with Crippen molar-refractivity contribution in [3.05, 3.63) is 57.4 Å². The number of ether oxygens (including phenoxy) is 1. The van der Waals surface area contributed by atoms with Crippen molar-refractivity contribution in [3.63, 3.8) is 0 Å². The zero-order valence-corrected chi connectivity index (χ0v) is 14.0. The van der Waals surface area contributed by atoms with Crippen LogP contribution < -0.4 is 0 Å². The summed E-state index contributed by atoms with van der Waals surface area (Å²) >= 11 is 1.36. The number of benzene rings is 1. The van der Waals surface area contributed by atoms with E-state index in [1.165, 1.54) is 11.3 Å². The predicted molar refractivity (Wildman–Crippen MR) is 91.3 cm³/mol. The number of fused-ring (bicyclic) bond motifs is 1. The van der Waals surface area contributed by atoms with Gasteiger partial charge in [-0.1, -0.05) is 18.2 Å². The highest BCUT2D eigenvalue weighted by molar-refractivity contribution is 7.13. The molecule has 1 N–H and O–H groups in total. The first kappa shape index (κ1) is 15.5. The number of H-pyrrole nitrogens is 1. The number of carbonyl (C=O) groups is 2. The number of aromatic amines is 1. The van der Waals surface area contributed by atoms with Crippen molar-refractivity contribution in [3.8, 4) is 0 Å². The van der Waals surface area contributed by atoms with Gasteiger partial charge in [0.25, 0.3) is 0 Å². The maximum absolute atomic E-state index is 12.7. The van der Waals surface area contributed by atoms with Crippen LogP contribution in [0.2, 0.25) is 0 Å². The number of ketones is 1. The van der Waals surface area contributed by atoms with Crippen LogP contribution in [-0.4, -0.2) is 22.8 Å². The highest BCUT2D eigenvalue weighted by Gasteiger charge is 2.25. The van der Waals surface area contributed by atoms with Crippen LogP contribution in [0.25, 0.3) is 10.9 Å². The number of Topliss-reactive ketones (excluding diaryl/α,β-unsaturated/α-hetero) is 1. The molecule has 0 amide bonds. The average molecular weight is 327 g/mol. The molecule has 23 heavy (non-hydrogen) atoms. The molecule has 3 aromatic rings. The number of hydrogen-bond donors (Lipinski definition) is 1. The molecule has 0 fully saturated rings. The molecule has 5 heteroatoms. The average Bonchev–Trinajstić information content (AvgIpc) is 3.09. The summed E-state index contributed by atoms with van der Waals surface area (Å²) in [4.78, 5) is 29.6. The fourth-order valence-corrected chi connectivity index (χ4v) is 3.36. The quantitative estimate of drug-likeness (QED) is 0.575. The Balaban J connectivity index is 1.84. The Labute approximate surface area is 138 Å².